The summed E-state index contributed by atoms with van der Waals surface area (Å²) in [4.78, 5) is 35.6. The van der Waals surface area contributed by atoms with Gasteiger partial charge in [-0.1, -0.05) is 39.7 Å². The summed E-state index contributed by atoms with van der Waals surface area (Å²) in [5, 5.41) is 5.30. The number of para-hydroxylation sites is 1. The van der Waals surface area contributed by atoms with Crippen molar-refractivity contribution in [1.29, 1.82) is 0 Å². The van der Waals surface area contributed by atoms with Crippen molar-refractivity contribution in [3.63, 3.8) is 0 Å². The monoisotopic (exact) mass is 526 g/mol. The molecule has 0 fully saturated rings. The van der Waals surface area contributed by atoms with Crippen LogP contribution in [0.5, 0.6) is 5.75 Å². The van der Waals surface area contributed by atoms with Crippen LogP contribution in [0, 0.1) is 6.92 Å². The summed E-state index contributed by atoms with van der Waals surface area (Å²) in [6.07, 6.45) is -0.149. The Morgan fingerprint density at radius 2 is 1.74 bits per heavy atom. The summed E-state index contributed by atoms with van der Waals surface area (Å²) in [5.74, 6) is -0.795. The summed E-state index contributed by atoms with van der Waals surface area (Å²) < 4.78 is 6.33. The molecule has 0 aliphatic carbocycles. The van der Waals surface area contributed by atoms with Crippen LogP contribution in [0.2, 0.25) is 5.02 Å². The minimum Gasteiger partial charge on any atom is -0.484 e. The quantitative estimate of drug-likeness (QED) is 0.325. The second-order valence-corrected chi connectivity index (χ2v) is 7.95. The van der Waals surface area contributed by atoms with Crippen molar-refractivity contribution < 1.29 is 19.1 Å². The normalized spacial score (nSPS) is 10.0. The van der Waals surface area contributed by atoms with Crippen molar-refractivity contribution in [2.24, 2.45) is 0 Å². The number of anilines is 1. The number of hydrogen-bond acceptors (Lipinski definition) is 5. The zero-order chi connectivity index (χ0) is 22.8. The number of halogens is 2. The Kier molecular flexibility index (Phi) is 9.70. The maximum atomic E-state index is 11.9. The number of hydrogen-bond donors (Lipinski definition) is 4. The second-order valence-electron chi connectivity index (χ2n) is 6.28. The van der Waals surface area contributed by atoms with Crippen LogP contribution >= 0.6 is 39.7 Å². The van der Waals surface area contributed by atoms with Gasteiger partial charge in [0.05, 0.1) is 10.7 Å². The molecule has 2 rings (SSSR count). The molecule has 0 radical (unpaired) electrons. The van der Waals surface area contributed by atoms with E-state index in [2.05, 4.69) is 37.4 Å². The molecule has 0 saturated heterocycles. The van der Waals surface area contributed by atoms with E-state index in [1.165, 1.54) is 0 Å². The van der Waals surface area contributed by atoms with Gasteiger partial charge in [0, 0.05) is 17.3 Å². The van der Waals surface area contributed by atoms with Crippen LogP contribution in [0.15, 0.2) is 46.9 Å². The first-order valence-electron chi connectivity index (χ1n) is 9.06. The molecule has 0 atom stereocenters. The number of carbonyl (C=O) groups is 3. The van der Waals surface area contributed by atoms with Crippen LogP contribution in [0.3, 0.4) is 0 Å². The molecule has 2 aromatic carbocycles. The smallest absolute Gasteiger partial charge is 0.264 e. The fourth-order valence-corrected chi connectivity index (χ4v) is 2.84. The van der Waals surface area contributed by atoms with Gasteiger partial charge >= 0.3 is 0 Å². The zero-order valence-corrected chi connectivity index (χ0v) is 19.6. The Morgan fingerprint density at radius 1 is 1.03 bits per heavy atom. The fourth-order valence-electron chi connectivity index (χ4n) is 2.24. The molecule has 8 nitrogen and oxygen atoms in total. The van der Waals surface area contributed by atoms with Crippen LogP contribution in [0.4, 0.5) is 5.69 Å². The van der Waals surface area contributed by atoms with E-state index in [4.69, 9.17) is 28.6 Å². The Hall–Kier alpha value is -2.69. The minimum absolute atomic E-state index is 0.0572. The second kappa shape index (κ2) is 12.2. The number of nitrogens with one attached hydrogen (secondary N) is 4. The first kappa shape index (κ1) is 24.6. The number of thiocarbonyl (C=S) groups is 1. The third-order valence-electron chi connectivity index (χ3n) is 3.79. The maximum absolute atomic E-state index is 11.9. The van der Waals surface area contributed by atoms with Gasteiger partial charge in [-0.2, -0.15) is 0 Å². The summed E-state index contributed by atoms with van der Waals surface area (Å²) >= 11 is 14.3. The van der Waals surface area contributed by atoms with Gasteiger partial charge in [-0.15, -0.1) is 0 Å². The lowest BCUT2D eigenvalue weighted by Gasteiger charge is -2.12. The third-order valence-corrected chi connectivity index (χ3v) is 5.22. The van der Waals surface area contributed by atoms with Gasteiger partial charge in [0.2, 0.25) is 11.8 Å². The van der Waals surface area contributed by atoms with E-state index in [9.17, 15) is 14.4 Å². The van der Waals surface area contributed by atoms with Gasteiger partial charge in [-0.3, -0.25) is 30.6 Å². The van der Waals surface area contributed by atoms with Crippen LogP contribution in [-0.2, 0) is 14.4 Å². The van der Waals surface area contributed by atoms with Gasteiger partial charge in [0.25, 0.3) is 5.91 Å². The number of carbonyl (C=O) groups excluding carboxylic acids is 3. The van der Waals surface area contributed by atoms with E-state index in [1.54, 1.807) is 36.4 Å². The molecule has 2 aromatic rings. The molecule has 4 N–H and O–H groups in total. The molecular weight excluding hydrogens is 508 g/mol. The van der Waals surface area contributed by atoms with Crippen LogP contribution in [0.1, 0.15) is 18.4 Å². The van der Waals surface area contributed by atoms with Crippen LogP contribution < -0.4 is 26.2 Å². The van der Waals surface area contributed by atoms with Gasteiger partial charge in [-0.25, -0.2) is 0 Å². The van der Waals surface area contributed by atoms with E-state index in [0.29, 0.717) is 16.5 Å². The largest absolute Gasteiger partial charge is 0.484 e. The van der Waals surface area contributed by atoms with Crippen molar-refractivity contribution >= 4 is 68.3 Å². The lowest BCUT2D eigenvalue weighted by atomic mass is 10.2. The number of aryl methyl sites for hydroxylation is 1. The molecule has 0 unspecified atom stereocenters. The van der Waals surface area contributed by atoms with Gasteiger partial charge in [-0.05, 0) is 55.0 Å². The van der Waals surface area contributed by atoms with Gasteiger partial charge in [0.1, 0.15) is 5.75 Å². The molecule has 0 aromatic heterocycles. The molecule has 0 aliphatic heterocycles. The highest BCUT2D eigenvalue weighted by atomic mass is 79.9. The minimum atomic E-state index is -0.494. The number of rotatable bonds is 7. The molecule has 0 bridgehead atoms. The molecule has 0 aliphatic rings. The highest BCUT2D eigenvalue weighted by Gasteiger charge is 2.10. The first-order chi connectivity index (χ1) is 14.7. The SMILES string of the molecule is Cc1cc(OCC(=O)NC(=S)NNC(=O)CCC(=O)Nc2ccccc2Cl)ccc1Br. The first-order valence-corrected chi connectivity index (χ1v) is 10.6. The summed E-state index contributed by atoms with van der Waals surface area (Å²) in [5.41, 5.74) is 6.15. The molecule has 31 heavy (non-hydrogen) atoms. The number of benzene rings is 2. The highest BCUT2D eigenvalue weighted by Crippen LogP contribution is 2.21. The molecule has 0 saturated carbocycles. The summed E-state index contributed by atoms with van der Waals surface area (Å²) in [6, 6.07) is 12.1. The fraction of sp³-hybridized carbons (Fsp3) is 0.200. The van der Waals surface area contributed by atoms with Crippen molar-refractivity contribution in [2.75, 3.05) is 11.9 Å². The highest BCUT2D eigenvalue weighted by molar-refractivity contribution is 9.10. The molecule has 11 heteroatoms. The molecule has 0 spiro atoms. The number of hydrazine groups is 1. The summed E-state index contributed by atoms with van der Waals surface area (Å²) in [6.45, 7) is 1.65. The summed E-state index contributed by atoms with van der Waals surface area (Å²) in [7, 11) is 0. The Bertz CT molecular complexity index is 989. The van der Waals surface area contributed by atoms with E-state index in [-0.39, 0.29) is 30.5 Å². The average Bonchev–Trinajstić information content (AvgIpc) is 2.73. The predicted molar refractivity (Wildman–Crippen MR) is 126 cm³/mol. The van der Waals surface area contributed by atoms with Crippen molar-refractivity contribution in [3.05, 3.63) is 57.5 Å². The topological polar surface area (TPSA) is 109 Å². The van der Waals surface area contributed by atoms with Gasteiger partial charge < -0.3 is 10.1 Å². The molecule has 3 amide bonds. The predicted octanol–water partition coefficient (Wildman–Crippen LogP) is 3.23. The lowest BCUT2D eigenvalue weighted by molar-refractivity contribution is -0.125. The zero-order valence-electron chi connectivity index (χ0n) is 16.5. The van der Waals surface area contributed by atoms with Crippen LogP contribution in [0.25, 0.3) is 0 Å². The Morgan fingerprint density at radius 3 is 2.45 bits per heavy atom. The number of amides is 3. The van der Waals surface area contributed by atoms with Crippen molar-refractivity contribution in [1.82, 2.24) is 16.2 Å². The van der Waals surface area contributed by atoms with Crippen molar-refractivity contribution in [2.45, 2.75) is 19.8 Å². The standard InChI is InChI=1S/C20H20BrClN4O4S/c1-12-10-13(6-7-14(12)21)30-11-19(29)24-20(31)26-25-18(28)9-8-17(27)23-16-5-3-2-4-15(16)22/h2-7,10H,8-9,11H2,1H3,(H,23,27)(H,25,28)(H2,24,26,29,31). The van der Waals surface area contributed by atoms with E-state index in [1.807, 2.05) is 13.0 Å². The molecular formula is C20H20BrClN4O4S. The lowest BCUT2D eigenvalue weighted by Crippen LogP contribution is -2.49. The Balaban J connectivity index is 1.64. The van der Waals surface area contributed by atoms with E-state index in [0.717, 1.165) is 10.0 Å². The van der Waals surface area contributed by atoms with Gasteiger partial charge in [0.15, 0.2) is 11.7 Å². The third kappa shape index (κ3) is 8.91. The average molecular weight is 528 g/mol. The Labute approximate surface area is 198 Å². The molecule has 0 heterocycles. The maximum Gasteiger partial charge on any atom is 0.264 e. The van der Waals surface area contributed by atoms with E-state index < -0.39 is 11.8 Å². The molecule has 164 valence electrons. The number of ether oxygens (including phenoxy) is 1. The van der Waals surface area contributed by atoms with Crippen molar-refractivity contribution in [3.8, 4) is 5.75 Å². The van der Waals surface area contributed by atoms with Crippen LogP contribution in [-0.4, -0.2) is 29.4 Å². The van der Waals surface area contributed by atoms with E-state index >= 15 is 0 Å².